The number of aryl methyl sites for hydroxylation is 1. The number of ether oxygens (including phenoxy) is 1. The fourth-order valence-electron chi connectivity index (χ4n) is 1.99. The standard InChI is InChI=1S/C17H20INO/c1-3-10-19-12-14-8-9-16(13(2)11-14)20-17-7-5-4-6-15(17)18/h4-9,11,19H,3,10,12H2,1-2H3. The monoisotopic (exact) mass is 381 g/mol. The maximum Gasteiger partial charge on any atom is 0.140 e. The molecule has 0 atom stereocenters. The quantitative estimate of drug-likeness (QED) is 0.568. The van der Waals surface area contributed by atoms with Gasteiger partial charge in [0.1, 0.15) is 11.5 Å². The van der Waals surface area contributed by atoms with Crippen LogP contribution in [0.2, 0.25) is 0 Å². The Kier molecular flexibility index (Phi) is 5.86. The number of hydrogen-bond donors (Lipinski definition) is 1. The summed E-state index contributed by atoms with van der Waals surface area (Å²) in [6, 6.07) is 14.4. The van der Waals surface area contributed by atoms with Crippen LogP contribution in [0.15, 0.2) is 42.5 Å². The highest BCUT2D eigenvalue weighted by atomic mass is 127. The van der Waals surface area contributed by atoms with Gasteiger partial charge in [-0.05, 0) is 71.8 Å². The van der Waals surface area contributed by atoms with E-state index in [2.05, 4.69) is 60.0 Å². The highest BCUT2D eigenvalue weighted by molar-refractivity contribution is 14.1. The Morgan fingerprint density at radius 3 is 2.60 bits per heavy atom. The average molecular weight is 381 g/mol. The van der Waals surface area contributed by atoms with Gasteiger partial charge in [0.15, 0.2) is 0 Å². The summed E-state index contributed by atoms with van der Waals surface area (Å²) < 4.78 is 7.12. The van der Waals surface area contributed by atoms with Gasteiger partial charge in [0.2, 0.25) is 0 Å². The summed E-state index contributed by atoms with van der Waals surface area (Å²) in [7, 11) is 0. The summed E-state index contributed by atoms with van der Waals surface area (Å²) in [5.74, 6) is 1.83. The molecule has 0 aromatic heterocycles. The number of halogens is 1. The van der Waals surface area contributed by atoms with Crippen molar-refractivity contribution in [2.24, 2.45) is 0 Å². The van der Waals surface area contributed by atoms with E-state index in [0.717, 1.165) is 34.6 Å². The molecule has 0 aliphatic rings. The van der Waals surface area contributed by atoms with Crippen LogP contribution < -0.4 is 10.1 Å². The summed E-state index contributed by atoms with van der Waals surface area (Å²) in [5, 5.41) is 3.41. The summed E-state index contributed by atoms with van der Waals surface area (Å²) in [6.45, 7) is 6.24. The Bertz CT molecular complexity index is 569. The second kappa shape index (κ2) is 7.64. The zero-order chi connectivity index (χ0) is 14.4. The molecule has 2 rings (SSSR count). The van der Waals surface area contributed by atoms with Gasteiger partial charge in [0, 0.05) is 6.54 Å². The molecule has 106 valence electrons. The molecule has 0 bridgehead atoms. The normalized spacial score (nSPS) is 10.6. The van der Waals surface area contributed by atoms with E-state index >= 15 is 0 Å². The van der Waals surface area contributed by atoms with Crippen molar-refractivity contribution in [1.29, 1.82) is 0 Å². The van der Waals surface area contributed by atoms with Crippen LogP contribution in [-0.4, -0.2) is 6.54 Å². The number of rotatable bonds is 6. The van der Waals surface area contributed by atoms with Crippen LogP contribution in [0, 0.1) is 10.5 Å². The first kappa shape index (κ1) is 15.3. The molecule has 0 spiro atoms. The molecule has 2 nitrogen and oxygen atoms in total. The van der Waals surface area contributed by atoms with Gasteiger partial charge in [-0.25, -0.2) is 0 Å². The Balaban J connectivity index is 2.08. The van der Waals surface area contributed by atoms with Gasteiger partial charge >= 0.3 is 0 Å². The summed E-state index contributed by atoms with van der Waals surface area (Å²) >= 11 is 2.29. The van der Waals surface area contributed by atoms with Crippen molar-refractivity contribution in [1.82, 2.24) is 5.32 Å². The topological polar surface area (TPSA) is 21.3 Å². The van der Waals surface area contributed by atoms with E-state index in [9.17, 15) is 0 Å². The lowest BCUT2D eigenvalue weighted by atomic mass is 10.1. The molecule has 20 heavy (non-hydrogen) atoms. The van der Waals surface area contributed by atoms with Crippen LogP contribution >= 0.6 is 22.6 Å². The molecule has 3 heteroatoms. The molecular formula is C17H20INO. The lowest BCUT2D eigenvalue weighted by Crippen LogP contribution is -2.13. The van der Waals surface area contributed by atoms with Gasteiger partial charge < -0.3 is 10.1 Å². The van der Waals surface area contributed by atoms with Crippen molar-refractivity contribution in [2.75, 3.05) is 6.54 Å². The third kappa shape index (κ3) is 4.21. The first-order valence-corrected chi connectivity index (χ1v) is 8.01. The van der Waals surface area contributed by atoms with Gasteiger partial charge in [-0.15, -0.1) is 0 Å². The molecule has 0 amide bonds. The van der Waals surface area contributed by atoms with E-state index in [0.29, 0.717) is 0 Å². The summed E-state index contributed by atoms with van der Waals surface area (Å²) in [4.78, 5) is 0. The fourth-order valence-corrected chi connectivity index (χ4v) is 2.49. The fraction of sp³-hybridized carbons (Fsp3) is 0.294. The van der Waals surface area contributed by atoms with Crippen molar-refractivity contribution in [2.45, 2.75) is 26.8 Å². The first-order valence-electron chi connectivity index (χ1n) is 6.93. The predicted octanol–water partition coefficient (Wildman–Crippen LogP) is 4.89. The molecule has 0 saturated carbocycles. The van der Waals surface area contributed by atoms with E-state index in [-0.39, 0.29) is 0 Å². The molecule has 0 aliphatic heterocycles. The van der Waals surface area contributed by atoms with Gasteiger partial charge in [0.25, 0.3) is 0 Å². The lowest BCUT2D eigenvalue weighted by molar-refractivity contribution is 0.475. The van der Waals surface area contributed by atoms with E-state index in [1.54, 1.807) is 0 Å². The minimum atomic E-state index is 0.910. The first-order chi connectivity index (χ1) is 9.70. The smallest absolute Gasteiger partial charge is 0.140 e. The van der Waals surface area contributed by atoms with E-state index < -0.39 is 0 Å². The van der Waals surface area contributed by atoms with Crippen molar-refractivity contribution in [3.8, 4) is 11.5 Å². The van der Waals surface area contributed by atoms with Gasteiger partial charge in [-0.1, -0.05) is 31.2 Å². The van der Waals surface area contributed by atoms with Crippen LogP contribution in [-0.2, 0) is 6.54 Å². The van der Waals surface area contributed by atoms with Crippen LogP contribution in [0.5, 0.6) is 11.5 Å². The highest BCUT2D eigenvalue weighted by Crippen LogP contribution is 2.29. The SMILES string of the molecule is CCCNCc1ccc(Oc2ccccc2I)c(C)c1. The molecule has 0 saturated heterocycles. The number of nitrogens with one attached hydrogen (secondary N) is 1. The predicted molar refractivity (Wildman–Crippen MR) is 92.4 cm³/mol. The Labute approximate surface area is 134 Å². The zero-order valence-corrected chi connectivity index (χ0v) is 14.1. The van der Waals surface area contributed by atoms with Crippen molar-refractivity contribution < 1.29 is 4.74 Å². The maximum atomic E-state index is 5.99. The van der Waals surface area contributed by atoms with Crippen molar-refractivity contribution in [3.63, 3.8) is 0 Å². The molecule has 0 fully saturated rings. The largest absolute Gasteiger partial charge is 0.456 e. The zero-order valence-electron chi connectivity index (χ0n) is 11.9. The number of hydrogen-bond acceptors (Lipinski definition) is 2. The van der Waals surface area contributed by atoms with Crippen LogP contribution in [0.4, 0.5) is 0 Å². The molecule has 0 unspecified atom stereocenters. The minimum absolute atomic E-state index is 0.910. The molecule has 1 N–H and O–H groups in total. The third-order valence-electron chi connectivity index (χ3n) is 3.05. The second-order valence-corrected chi connectivity index (χ2v) is 5.97. The Morgan fingerprint density at radius 2 is 1.90 bits per heavy atom. The summed E-state index contributed by atoms with van der Waals surface area (Å²) in [5.41, 5.74) is 2.46. The van der Waals surface area contributed by atoms with Crippen molar-refractivity contribution >= 4 is 22.6 Å². The van der Waals surface area contributed by atoms with E-state index in [1.807, 2.05) is 24.3 Å². The maximum absolute atomic E-state index is 5.99. The average Bonchev–Trinajstić information content (AvgIpc) is 2.44. The Morgan fingerprint density at radius 1 is 1.10 bits per heavy atom. The highest BCUT2D eigenvalue weighted by Gasteiger charge is 2.05. The minimum Gasteiger partial charge on any atom is -0.456 e. The van der Waals surface area contributed by atoms with Gasteiger partial charge in [-0.2, -0.15) is 0 Å². The molecular weight excluding hydrogens is 361 g/mol. The molecule has 0 radical (unpaired) electrons. The van der Waals surface area contributed by atoms with Crippen molar-refractivity contribution in [3.05, 3.63) is 57.2 Å². The van der Waals surface area contributed by atoms with Crippen LogP contribution in [0.25, 0.3) is 0 Å². The van der Waals surface area contributed by atoms with Gasteiger partial charge in [-0.3, -0.25) is 0 Å². The lowest BCUT2D eigenvalue weighted by Gasteiger charge is -2.12. The van der Waals surface area contributed by atoms with Crippen LogP contribution in [0.1, 0.15) is 24.5 Å². The second-order valence-electron chi connectivity index (χ2n) is 4.81. The Hall–Kier alpha value is -1.07. The molecule has 2 aromatic carbocycles. The molecule has 0 aliphatic carbocycles. The molecule has 2 aromatic rings. The van der Waals surface area contributed by atoms with Gasteiger partial charge in [0.05, 0.1) is 3.57 Å². The third-order valence-corrected chi connectivity index (χ3v) is 3.94. The van der Waals surface area contributed by atoms with Crippen LogP contribution in [0.3, 0.4) is 0 Å². The number of benzene rings is 2. The molecule has 0 heterocycles. The van der Waals surface area contributed by atoms with E-state index in [1.165, 1.54) is 11.1 Å². The summed E-state index contributed by atoms with van der Waals surface area (Å²) in [6.07, 6.45) is 1.16. The number of para-hydroxylation sites is 1. The van der Waals surface area contributed by atoms with E-state index in [4.69, 9.17) is 4.74 Å².